The summed E-state index contributed by atoms with van der Waals surface area (Å²) in [6.45, 7) is 0.294. The van der Waals surface area contributed by atoms with Gasteiger partial charge in [-0.1, -0.05) is 72.3 Å². The van der Waals surface area contributed by atoms with E-state index in [1.165, 1.54) is 0 Å². The van der Waals surface area contributed by atoms with Gasteiger partial charge in [-0.05, 0) is 18.2 Å². The zero-order valence-corrected chi connectivity index (χ0v) is 15.1. The molecule has 132 valence electrons. The number of para-hydroxylation sites is 1. The van der Waals surface area contributed by atoms with Crippen molar-refractivity contribution in [2.45, 2.75) is 6.61 Å². The lowest BCUT2D eigenvalue weighted by atomic mass is 10.1. The van der Waals surface area contributed by atoms with Gasteiger partial charge in [0.05, 0.1) is 5.57 Å². The Hall–Kier alpha value is -3.17. The summed E-state index contributed by atoms with van der Waals surface area (Å²) in [5.41, 5.74) is 2.59. The fourth-order valence-electron chi connectivity index (χ4n) is 3.06. The van der Waals surface area contributed by atoms with Gasteiger partial charge in [0, 0.05) is 27.3 Å². The Morgan fingerprint density at radius 2 is 1.37 bits per heavy atom. The van der Waals surface area contributed by atoms with Gasteiger partial charge in [-0.15, -0.1) is 0 Å². The third kappa shape index (κ3) is 3.29. The fraction of sp³-hybridized carbons (Fsp3) is 0.0435. The number of hydrogen-bond acceptors (Lipinski definition) is 3. The molecule has 0 saturated heterocycles. The molecule has 4 rings (SSSR count). The van der Waals surface area contributed by atoms with Crippen LogP contribution in [0.1, 0.15) is 31.8 Å². The van der Waals surface area contributed by atoms with Gasteiger partial charge >= 0.3 is 0 Å². The van der Waals surface area contributed by atoms with E-state index in [0.29, 0.717) is 34.1 Å². The second kappa shape index (κ2) is 7.22. The Labute approximate surface area is 161 Å². The number of carbonyl (C=O) groups is 2. The quantitative estimate of drug-likeness (QED) is 0.454. The van der Waals surface area contributed by atoms with Crippen molar-refractivity contribution in [2.24, 2.45) is 0 Å². The Morgan fingerprint density at radius 1 is 0.778 bits per heavy atom. The van der Waals surface area contributed by atoms with E-state index in [0.717, 1.165) is 5.56 Å². The average Bonchev–Trinajstić information content (AvgIpc) is 2.94. The highest BCUT2D eigenvalue weighted by Gasteiger charge is 2.32. The van der Waals surface area contributed by atoms with Crippen LogP contribution >= 0.6 is 11.6 Å². The van der Waals surface area contributed by atoms with Crippen molar-refractivity contribution in [3.63, 3.8) is 0 Å². The summed E-state index contributed by atoms with van der Waals surface area (Å²) >= 11 is 6.18. The van der Waals surface area contributed by atoms with Gasteiger partial charge in [0.1, 0.15) is 12.4 Å². The standard InChI is InChI=1S/C23H15ClO3/c24-20-11-5-1-8-16(20)14-27-21-12-6-2-7-15(21)13-19-22(25)17-9-3-4-10-18(17)23(19)26/h1-13H,14H2. The van der Waals surface area contributed by atoms with Gasteiger partial charge < -0.3 is 4.74 Å². The third-order valence-corrected chi connectivity index (χ3v) is 4.83. The number of Topliss-reactive ketones (excluding diaryl/α,β-unsaturated/α-hetero) is 2. The Kier molecular flexibility index (Phi) is 4.61. The van der Waals surface area contributed by atoms with Crippen LogP contribution in [0.4, 0.5) is 0 Å². The van der Waals surface area contributed by atoms with E-state index in [1.807, 2.05) is 36.4 Å². The van der Waals surface area contributed by atoms with Gasteiger partial charge in [-0.2, -0.15) is 0 Å². The third-order valence-electron chi connectivity index (χ3n) is 4.47. The molecule has 3 nitrogen and oxygen atoms in total. The van der Waals surface area contributed by atoms with Gasteiger partial charge in [-0.3, -0.25) is 9.59 Å². The second-order valence-corrected chi connectivity index (χ2v) is 6.59. The van der Waals surface area contributed by atoms with Crippen LogP contribution in [0.25, 0.3) is 6.08 Å². The number of carbonyl (C=O) groups excluding carboxylic acids is 2. The van der Waals surface area contributed by atoms with Crippen molar-refractivity contribution in [1.29, 1.82) is 0 Å². The molecule has 0 aromatic heterocycles. The van der Waals surface area contributed by atoms with Gasteiger partial charge in [0.15, 0.2) is 11.6 Å². The molecule has 3 aromatic carbocycles. The first-order chi connectivity index (χ1) is 13.1. The molecule has 0 N–H and O–H groups in total. The number of allylic oxidation sites excluding steroid dienone is 1. The molecule has 1 aliphatic carbocycles. The van der Waals surface area contributed by atoms with Crippen molar-refractivity contribution in [2.75, 3.05) is 0 Å². The summed E-state index contributed by atoms with van der Waals surface area (Å²) in [6.07, 6.45) is 1.60. The minimum atomic E-state index is -0.253. The SMILES string of the molecule is O=C1C(=Cc2ccccc2OCc2ccccc2Cl)C(=O)c2ccccc21. The number of ether oxygens (including phenoxy) is 1. The van der Waals surface area contributed by atoms with Crippen molar-refractivity contribution in [3.8, 4) is 5.75 Å². The Bertz CT molecular complexity index is 1050. The topological polar surface area (TPSA) is 43.4 Å². The first kappa shape index (κ1) is 17.3. The maximum atomic E-state index is 12.6. The highest BCUT2D eigenvalue weighted by atomic mass is 35.5. The molecular weight excluding hydrogens is 360 g/mol. The molecule has 0 bridgehead atoms. The lowest BCUT2D eigenvalue weighted by molar-refractivity contribution is 0.0990. The van der Waals surface area contributed by atoms with Crippen molar-refractivity contribution >= 4 is 29.2 Å². The van der Waals surface area contributed by atoms with Crippen LogP contribution in [0.5, 0.6) is 5.75 Å². The average molecular weight is 375 g/mol. The smallest absolute Gasteiger partial charge is 0.197 e. The summed E-state index contributed by atoms with van der Waals surface area (Å²) in [6, 6.07) is 21.6. The molecule has 0 aliphatic heterocycles. The first-order valence-corrected chi connectivity index (χ1v) is 8.88. The largest absolute Gasteiger partial charge is 0.488 e. The number of halogens is 1. The molecule has 1 aliphatic rings. The molecule has 0 atom stereocenters. The molecular formula is C23H15ClO3. The monoisotopic (exact) mass is 374 g/mol. The van der Waals surface area contributed by atoms with Gasteiger partial charge in [0.25, 0.3) is 0 Å². The Morgan fingerprint density at radius 3 is 2.07 bits per heavy atom. The number of hydrogen-bond donors (Lipinski definition) is 0. The molecule has 0 heterocycles. The molecule has 27 heavy (non-hydrogen) atoms. The highest BCUT2D eigenvalue weighted by Crippen LogP contribution is 2.30. The van der Waals surface area contributed by atoms with Crippen LogP contribution in [0.3, 0.4) is 0 Å². The van der Waals surface area contributed by atoms with Crippen LogP contribution < -0.4 is 4.74 Å². The number of rotatable bonds is 4. The second-order valence-electron chi connectivity index (χ2n) is 6.18. The van der Waals surface area contributed by atoms with Crippen LogP contribution in [0.15, 0.2) is 78.4 Å². The van der Waals surface area contributed by atoms with E-state index < -0.39 is 0 Å². The highest BCUT2D eigenvalue weighted by molar-refractivity contribution is 6.41. The molecule has 0 radical (unpaired) electrons. The van der Waals surface area contributed by atoms with E-state index in [1.54, 1.807) is 42.5 Å². The Balaban J connectivity index is 1.64. The van der Waals surface area contributed by atoms with Gasteiger partial charge in [-0.25, -0.2) is 0 Å². The normalized spacial score (nSPS) is 12.9. The maximum Gasteiger partial charge on any atom is 0.197 e. The van der Waals surface area contributed by atoms with E-state index >= 15 is 0 Å². The molecule has 3 aromatic rings. The lowest BCUT2D eigenvalue weighted by Gasteiger charge is -2.10. The summed E-state index contributed by atoms with van der Waals surface area (Å²) in [5.74, 6) is 0.0782. The zero-order valence-electron chi connectivity index (χ0n) is 14.3. The molecule has 0 fully saturated rings. The van der Waals surface area contributed by atoms with Crippen LogP contribution in [-0.4, -0.2) is 11.6 Å². The number of fused-ring (bicyclic) bond motifs is 1. The molecule has 0 spiro atoms. The summed E-state index contributed by atoms with van der Waals surface area (Å²) in [5, 5.41) is 0.630. The van der Waals surface area contributed by atoms with E-state index in [9.17, 15) is 9.59 Å². The summed E-state index contributed by atoms with van der Waals surface area (Å²) < 4.78 is 5.91. The molecule has 4 heteroatoms. The predicted molar refractivity (Wildman–Crippen MR) is 105 cm³/mol. The van der Waals surface area contributed by atoms with Crippen molar-refractivity contribution in [3.05, 3.63) is 106 Å². The van der Waals surface area contributed by atoms with Crippen molar-refractivity contribution < 1.29 is 14.3 Å². The van der Waals surface area contributed by atoms with E-state index in [4.69, 9.17) is 16.3 Å². The molecule has 0 unspecified atom stereocenters. The lowest BCUT2D eigenvalue weighted by Crippen LogP contribution is -2.02. The van der Waals surface area contributed by atoms with E-state index in [-0.39, 0.29) is 17.1 Å². The minimum absolute atomic E-state index is 0.157. The number of benzene rings is 3. The fourth-order valence-corrected chi connectivity index (χ4v) is 3.25. The van der Waals surface area contributed by atoms with Crippen molar-refractivity contribution in [1.82, 2.24) is 0 Å². The van der Waals surface area contributed by atoms with Gasteiger partial charge in [0.2, 0.25) is 0 Å². The predicted octanol–water partition coefficient (Wildman–Crippen LogP) is 5.38. The molecule has 0 saturated carbocycles. The number of ketones is 2. The maximum absolute atomic E-state index is 12.6. The van der Waals surface area contributed by atoms with E-state index in [2.05, 4.69) is 0 Å². The minimum Gasteiger partial charge on any atom is -0.488 e. The summed E-state index contributed by atoms with van der Waals surface area (Å²) in [4.78, 5) is 25.2. The van der Waals surface area contributed by atoms with Crippen LogP contribution in [0, 0.1) is 0 Å². The van der Waals surface area contributed by atoms with Crippen LogP contribution in [-0.2, 0) is 6.61 Å². The summed E-state index contributed by atoms with van der Waals surface area (Å²) in [7, 11) is 0. The first-order valence-electron chi connectivity index (χ1n) is 8.50. The zero-order chi connectivity index (χ0) is 18.8. The van der Waals surface area contributed by atoms with Crippen LogP contribution in [0.2, 0.25) is 5.02 Å². The molecule has 0 amide bonds.